The Hall–Kier alpha value is -2.33. The molecule has 9 nitrogen and oxygen atoms in total. The van der Waals surface area contributed by atoms with E-state index in [2.05, 4.69) is 5.32 Å². The van der Waals surface area contributed by atoms with E-state index in [1.54, 1.807) is 0 Å². The van der Waals surface area contributed by atoms with Crippen LogP contribution in [-0.4, -0.2) is 40.5 Å². The third-order valence-electron chi connectivity index (χ3n) is 3.08. The number of methoxy groups -OCH3 is 2. The Labute approximate surface area is 133 Å². The third kappa shape index (κ3) is 4.33. The van der Waals surface area contributed by atoms with Crippen LogP contribution < -0.4 is 25.0 Å². The van der Waals surface area contributed by atoms with Gasteiger partial charge in [0.25, 0.3) is 10.0 Å². The normalized spacial score (nSPS) is 14.0. The molecule has 2 rings (SSSR count). The number of hydrogen-bond donors (Lipinski definition) is 3. The van der Waals surface area contributed by atoms with Crippen LogP contribution in [0.5, 0.6) is 11.5 Å². The largest absolute Gasteiger partial charge is 0.493 e. The van der Waals surface area contributed by atoms with Crippen LogP contribution in [0, 0.1) is 0 Å². The molecule has 1 aliphatic rings. The second kappa shape index (κ2) is 6.84. The van der Waals surface area contributed by atoms with Crippen molar-refractivity contribution < 1.29 is 27.5 Å². The first kappa shape index (κ1) is 17.0. The van der Waals surface area contributed by atoms with E-state index in [1.807, 2.05) is 10.3 Å². The minimum absolute atomic E-state index is 0.00398. The van der Waals surface area contributed by atoms with E-state index in [1.165, 1.54) is 32.4 Å². The minimum atomic E-state index is -4.06. The molecule has 10 heteroatoms. The molecule has 1 fully saturated rings. The lowest BCUT2D eigenvalue weighted by Crippen LogP contribution is -2.48. The van der Waals surface area contributed by atoms with E-state index < -0.39 is 21.8 Å². The number of nitrogens with one attached hydrogen (secondary N) is 3. The van der Waals surface area contributed by atoms with Gasteiger partial charge in [0.15, 0.2) is 11.5 Å². The van der Waals surface area contributed by atoms with Crippen LogP contribution in [0.3, 0.4) is 0 Å². The maximum Gasteiger partial charge on any atom is 0.324 e. The van der Waals surface area contributed by atoms with Crippen LogP contribution in [0.25, 0.3) is 0 Å². The Kier molecular flexibility index (Phi) is 5.06. The van der Waals surface area contributed by atoms with Crippen molar-refractivity contribution in [3.8, 4) is 11.5 Å². The van der Waals surface area contributed by atoms with Crippen LogP contribution >= 0.6 is 0 Å². The fourth-order valence-corrected chi connectivity index (χ4v) is 2.55. The molecule has 0 unspecified atom stereocenters. The molecule has 0 radical (unpaired) electrons. The summed E-state index contributed by atoms with van der Waals surface area (Å²) in [6.45, 7) is 0. The number of amides is 2. The Bertz CT molecular complexity index is 714. The second-order valence-electron chi connectivity index (χ2n) is 4.82. The quantitative estimate of drug-likeness (QED) is 0.463. The number of sulfonamides is 1. The van der Waals surface area contributed by atoms with E-state index in [9.17, 15) is 18.0 Å². The molecule has 0 heterocycles. The van der Waals surface area contributed by atoms with E-state index in [0.29, 0.717) is 5.75 Å². The summed E-state index contributed by atoms with van der Waals surface area (Å²) in [5.74, 6) is -1.39. The van der Waals surface area contributed by atoms with Crippen molar-refractivity contribution in [1.82, 2.24) is 15.6 Å². The molecule has 0 aromatic heterocycles. The average Bonchev–Trinajstić information content (AvgIpc) is 3.35. The molecule has 3 N–H and O–H groups in total. The third-order valence-corrected chi connectivity index (χ3v) is 4.33. The SMILES string of the molecule is COc1ccc(S(=O)(=O)NNC(=O)C(=O)NC2CC2)cc1OC. The van der Waals surface area contributed by atoms with Crippen molar-refractivity contribution in [2.45, 2.75) is 23.8 Å². The second-order valence-corrected chi connectivity index (χ2v) is 6.51. The topological polar surface area (TPSA) is 123 Å². The lowest BCUT2D eigenvalue weighted by molar-refractivity contribution is -0.139. The predicted octanol–water partition coefficient (Wildman–Crippen LogP) is -0.708. The number of ether oxygens (including phenoxy) is 2. The first-order valence-corrected chi connectivity index (χ1v) is 8.20. The van der Waals surface area contributed by atoms with E-state index in [4.69, 9.17) is 9.47 Å². The molecular formula is C13H17N3O6S. The summed E-state index contributed by atoms with van der Waals surface area (Å²) in [6, 6.07) is 3.92. The molecule has 0 aliphatic heterocycles. The molecule has 126 valence electrons. The molecule has 1 saturated carbocycles. The molecule has 0 spiro atoms. The summed E-state index contributed by atoms with van der Waals surface area (Å²) in [4.78, 5) is 24.6. The molecule has 2 amide bonds. The van der Waals surface area contributed by atoms with Gasteiger partial charge >= 0.3 is 11.8 Å². The Morgan fingerprint density at radius 3 is 2.30 bits per heavy atom. The first-order chi connectivity index (χ1) is 10.9. The number of hydrazine groups is 1. The first-order valence-electron chi connectivity index (χ1n) is 6.72. The highest BCUT2D eigenvalue weighted by Gasteiger charge is 2.27. The Morgan fingerprint density at radius 2 is 1.74 bits per heavy atom. The van der Waals surface area contributed by atoms with Gasteiger partial charge in [-0.05, 0) is 25.0 Å². The molecule has 23 heavy (non-hydrogen) atoms. The maximum absolute atomic E-state index is 12.1. The van der Waals surface area contributed by atoms with E-state index in [-0.39, 0.29) is 16.7 Å². The number of carbonyl (C=O) groups is 2. The van der Waals surface area contributed by atoms with Crippen LogP contribution in [-0.2, 0) is 19.6 Å². The van der Waals surface area contributed by atoms with Gasteiger partial charge in [0, 0.05) is 12.1 Å². The van der Waals surface area contributed by atoms with Crippen molar-refractivity contribution in [2.24, 2.45) is 0 Å². The molecule has 0 atom stereocenters. The molecule has 1 aromatic rings. The van der Waals surface area contributed by atoms with Crippen molar-refractivity contribution in [3.05, 3.63) is 18.2 Å². The van der Waals surface area contributed by atoms with Crippen molar-refractivity contribution in [2.75, 3.05) is 14.2 Å². The van der Waals surface area contributed by atoms with E-state index in [0.717, 1.165) is 12.8 Å². The molecule has 0 bridgehead atoms. The fourth-order valence-electron chi connectivity index (χ4n) is 1.69. The van der Waals surface area contributed by atoms with Gasteiger partial charge < -0.3 is 14.8 Å². The molecule has 1 aliphatic carbocycles. The minimum Gasteiger partial charge on any atom is -0.493 e. The van der Waals surface area contributed by atoms with Gasteiger partial charge in [-0.1, -0.05) is 0 Å². The highest BCUT2D eigenvalue weighted by molar-refractivity contribution is 7.89. The van der Waals surface area contributed by atoms with Crippen molar-refractivity contribution in [3.63, 3.8) is 0 Å². The van der Waals surface area contributed by atoms with E-state index >= 15 is 0 Å². The number of rotatable bonds is 6. The standard InChI is InChI=1S/C13H17N3O6S/c1-21-10-6-5-9(7-11(10)22-2)23(19,20)16-15-13(18)12(17)14-8-3-4-8/h5-8,16H,3-4H2,1-2H3,(H,14,17)(H,15,18). The smallest absolute Gasteiger partial charge is 0.324 e. The van der Waals surface area contributed by atoms with Crippen LogP contribution in [0.15, 0.2) is 23.1 Å². The zero-order chi connectivity index (χ0) is 17.0. The number of hydrogen-bond acceptors (Lipinski definition) is 6. The predicted molar refractivity (Wildman–Crippen MR) is 79.2 cm³/mol. The van der Waals surface area contributed by atoms with Crippen molar-refractivity contribution >= 4 is 21.8 Å². The Balaban J connectivity index is 2.03. The highest BCUT2D eigenvalue weighted by atomic mass is 32.2. The van der Waals surface area contributed by atoms with Crippen molar-refractivity contribution in [1.29, 1.82) is 0 Å². The van der Waals surface area contributed by atoms with Gasteiger partial charge in [0.2, 0.25) is 0 Å². The molecule has 1 aromatic carbocycles. The highest BCUT2D eigenvalue weighted by Crippen LogP contribution is 2.29. The zero-order valence-corrected chi connectivity index (χ0v) is 13.4. The van der Waals surface area contributed by atoms with Crippen LogP contribution in [0.2, 0.25) is 0 Å². The average molecular weight is 343 g/mol. The summed E-state index contributed by atoms with van der Waals surface area (Å²) in [6.07, 6.45) is 1.63. The molecule has 0 saturated heterocycles. The summed E-state index contributed by atoms with van der Waals surface area (Å²) >= 11 is 0. The number of carbonyl (C=O) groups excluding carboxylic acids is 2. The van der Waals surface area contributed by atoms with Gasteiger partial charge in [-0.3, -0.25) is 15.0 Å². The maximum atomic E-state index is 12.1. The summed E-state index contributed by atoms with van der Waals surface area (Å²) in [5.41, 5.74) is 1.86. The fraction of sp³-hybridized carbons (Fsp3) is 0.385. The van der Waals surface area contributed by atoms with Gasteiger partial charge in [-0.15, -0.1) is 4.83 Å². The summed E-state index contributed by atoms with van der Waals surface area (Å²) in [7, 11) is -1.27. The van der Waals surface area contributed by atoms with Gasteiger partial charge in [0.05, 0.1) is 19.1 Å². The summed E-state index contributed by atoms with van der Waals surface area (Å²) < 4.78 is 34.2. The van der Waals surface area contributed by atoms with Gasteiger partial charge in [-0.25, -0.2) is 8.42 Å². The zero-order valence-electron chi connectivity index (χ0n) is 12.6. The van der Waals surface area contributed by atoms with Gasteiger partial charge in [0.1, 0.15) is 0 Å². The van der Waals surface area contributed by atoms with Crippen LogP contribution in [0.4, 0.5) is 0 Å². The Morgan fingerprint density at radius 1 is 1.09 bits per heavy atom. The summed E-state index contributed by atoms with van der Waals surface area (Å²) in [5, 5.41) is 2.44. The number of benzene rings is 1. The lowest BCUT2D eigenvalue weighted by Gasteiger charge is -2.11. The molecular weight excluding hydrogens is 326 g/mol. The lowest BCUT2D eigenvalue weighted by atomic mass is 10.3. The van der Waals surface area contributed by atoms with Crippen LogP contribution in [0.1, 0.15) is 12.8 Å². The van der Waals surface area contributed by atoms with Gasteiger partial charge in [-0.2, -0.15) is 0 Å². The monoisotopic (exact) mass is 343 g/mol.